The Bertz CT molecular complexity index is 871. The van der Waals surface area contributed by atoms with Crippen molar-refractivity contribution < 1.29 is 4.74 Å². The van der Waals surface area contributed by atoms with Crippen LogP contribution in [0.15, 0.2) is 66.7 Å². The van der Waals surface area contributed by atoms with Crippen LogP contribution in [0.3, 0.4) is 0 Å². The highest BCUT2D eigenvalue weighted by Gasteiger charge is 2.37. The molecule has 0 saturated heterocycles. The van der Waals surface area contributed by atoms with E-state index in [1.807, 2.05) is 30.3 Å². The second-order valence-corrected chi connectivity index (χ2v) is 7.92. The molecule has 0 saturated carbocycles. The van der Waals surface area contributed by atoms with Crippen molar-refractivity contribution in [3.05, 3.63) is 83.7 Å². The van der Waals surface area contributed by atoms with Gasteiger partial charge in [0.25, 0.3) is 0 Å². The number of rotatable bonds is 6. The van der Waals surface area contributed by atoms with E-state index in [1.54, 1.807) is 0 Å². The maximum Gasteiger partial charge on any atom is 0.132 e. The van der Waals surface area contributed by atoms with Crippen LogP contribution in [-0.2, 0) is 19.7 Å². The first-order valence-corrected chi connectivity index (χ1v) is 9.64. The van der Waals surface area contributed by atoms with E-state index in [0.717, 1.165) is 31.0 Å². The standard InChI is InChI=1S/C23H27N3O/c1-23(2)13-14-26-21(22(23)24-16-18-9-5-3-6-10-18)15-19(25-26)17-27-20-11-7-4-8-12-20/h3-12,15,22,24H,13-14,16-17H2,1-2H3. The number of hydrogen-bond donors (Lipinski definition) is 1. The van der Waals surface area contributed by atoms with Crippen molar-refractivity contribution in [2.24, 2.45) is 5.41 Å². The van der Waals surface area contributed by atoms with E-state index >= 15 is 0 Å². The van der Waals surface area contributed by atoms with E-state index in [-0.39, 0.29) is 11.5 Å². The van der Waals surface area contributed by atoms with Gasteiger partial charge >= 0.3 is 0 Å². The third-order valence-corrected chi connectivity index (χ3v) is 5.39. The van der Waals surface area contributed by atoms with Gasteiger partial charge in [-0.1, -0.05) is 62.4 Å². The quantitative estimate of drug-likeness (QED) is 0.690. The molecule has 1 aliphatic rings. The Labute approximate surface area is 161 Å². The lowest BCUT2D eigenvalue weighted by Crippen LogP contribution is -2.39. The van der Waals surface area contributed by atoms with Crippen molar-refractivity contribution in [1.82, 2.24) is 15.1 Å². The van der Waals surface area contributed by atoms with Gasteiger partial charge in [-0.2, -0.15) is 5.10 Å². The topological polar surface area (TPSA) is 39.1 Å². The molecular formula is C23H27N3O. The minimum absolute atomic E-state index is 0.183. The SMILES string of the molecule is CC1(C)CCn2nc(COc3ccccc3)cc2C1NCc1ccccc1. The largest absolute Gasteiger partial charge is 0.487 e. The monoisotopic (exact) mass is 361 g/mol. The Morgan fingerprint density at radius 2 is 1.78 bits per heavy atom. The summed E-state index contributed by atoms with van der Waals surface area (Å²) in [4.78, 5) is 0. The molecule has 2 aromatic carbocycles. The van der Waals surface area contributed by atoms with E-state index in [0.29, 0.717) is 6.61 Å². The fourth-order valence-electron chi connectivity index (χ4n) is 3.78. The van der Waals surface area contributed by atoms with Crippen LogP contribution in [0.4, 0.5) is 0 Å². The highest BCUT2D eigenvalue weighted by atomic mass is 16.5. The number of para-hydroxylation sites is 1. The van der Waals surface area contributed by atoms with Crippen LogP contribution in [0.25, 0.3) is 0 Å². The number of nitrogens with zero attached hydrogens (tertiary/aromatic N) is 2. The second-order valence-electron chi connectivity index (χ2n) is 7.92. The molecule has 0 spiro atoms. The predicted molar refractivity (Wildman–Crippen MR) is 107 cm³/mol. The van der Waals surface area contributed by atoms with Gasteiger partial charge in [-0.3, -0.25) is 4.68 Å². The Kier molecular flexibility index (Phi) is 4.99. The van der Waals surface area contributed by atoms with E-state index in [4.69, 9.17) is 9.84 Å². The molecule has 0 fully saturated rings. The van der Waals surface area contributed by atoms with Crippen molar-refractivity contribution in [1.29, 1.82) is 0 Å². The number of ether oxygens (including phenoxy) is 1. The van der Waals surface area contributed by atoms with Crippen LogP contribution in [0.5, 0.6) is 5.75 Å². The molecule has 1 unspecified atom stereocenters. The van der Waals surface area contributed by atoms with E-state index in [2.05, 4.69) is 60.2 Å². The second kappa shape index (κ2) is 7.57. The van der Waals surface area contributed by atoms with Crippen molar-refractivity contribution in [2.45, 2.75) is 46.0 Å². The fourth-order valence-corrected chi connectivity index (χ4v) is 3.78. The summed E-state index contributed by atoms with van der Waals surface area (Å²) in [6.45, 7) is 6.99. The Morgan fingerprint density at radius 3 is 2.52 bits per heavy atom. The molecule has 0 bridgehead atoms. The first kappa shape index (κ1) is 17.8. The van der Waals surface area contributed by atoms with Gasteiger partial charge in [0.2, 0.25) is 0 Å². The minimum atomic E-state index is 0.183. The van der Waals surface area contributed by atoms with Gasteiger partial charge in [-0.15, -0.1) is 0 Å². The van der Waals surface area contributed by atoms with Crippen molar-refractivity contribution in [3.8, 4) is 5.75 Å². The molecule has 140 valence electrons. The molecule has 1 aromatic heterocycles. The molecule has 1 atom stereocenters. The number of aromatic nitrogens is 2. The third kappa shape index (κ3) is 4.06. The van der Waals surface area contributed by atoms with Gasteiger partial charge in [0.1, 0.15) is 18.1 Å². The zero-order valence-electron chi connectivity index (χ0n) is 16.1. The van der Waals surface area contributed by atoms with Crippen LogP contribution in [0, 0.1) is 5.41 Å². The highest BCUT2D eigenvalue weighted by Crippen LogP contribution is 2.41. The van der Waals surface area contributed by atoms with Gasteiger partial charge in [0, 0.05) is 13.1 Å². The first-order chi connectivity index (χ1) is 13.1. The molecule has 2 heterocycles. The molecule has 4 nitrogen and oxygen atoms in total. The van der Waals surface area contributed by atoms with Gasteiger partial charge in [-0.25, -0.2) is 0 Å². The summed E-state index contributed by atoms with van der Waals surface area (Å²) < 4.78 is 8.04. The molecule has 27 heavy (non-hydrogen) atoms. The highest BCUT2D eigenvalue weighted by molar-refractivity contribution is 5.23. The van der Waals surface area contributed by atoms with Gasteiger partial charge in [0.05, 0.1) is 11.7 Å². The number of benzene rings is 2. The zero-order valence-corrected chi connectivity index (χ0v) is 16.1. The van der Waals surface area contributed by atoms with Gasteiger partial charge in [-0.05, 0) is 35.6 Å². The fraction of sp³-hybridized carbons (Fsp3) is 0.348. The zero-order chi connectivity index (χ0) is 18.7. The summed E-state index contributed by atoms with van der Waals surface area (Å²) >= 11 is 0. The number of nitrogens with one attached hydrogen (secondary N) is 1. The maximum absolute atomic E-state index is 5.89. The smallest absolute Gasteiger partial charge is 0.132 e. The van der Waals surface area contributed by atoms with Crippen LogP contribution < -0.4 is 10.1 Å². The molecule has 4 rings (SSSR count). The molecule has 0 aliphatic carbocycles. The Morgan fingerprint density at radius 1 is 1.07 bits per heavy atom. The van der Waals surface area contributed by atoms with E-state index in [1.165, 1.54) is 11.3 Å². The molecule has 0 radical (unpaired) electrons. The average Bonchev–Trinajstić information content (AvgIpc) is 3.10. The maximum atomic E-state index is 5.89. The van der Waals surface area contributed by atoms with E-state index in [9.17, 15) is 0 Å². The predicted octanol–water partition coefficient (Wildman–Crippen LogP) is 4.72. The molecular weight excluding hydrogens is 334 g/mol. The minimum Gasteiger partial charge on any atom is -0.487 e. The molecule has 1 N–H and O–H groups in total. The summed E-state index contributed by atoms with van der Waals surface area (Å²) in [6, 6.07) is 23.0. The van der Waals surface area contributed by atoms with Crippen LogP contribution >= 0.6 is 0 Å². The lowest BCUT2D eigenvalue weighted by atomic mass is 9.77. The number of aryl methyl sites for hydroxylation is 1. The Balaban J connectivity index is 1.50. The summed E-state index contributed by atoms with van der Waals surface area (Å²) in [5.41, 5.74) is 3.73. The van der Waals surface area contributed by atoms with Crippen LogP contribution in [0.1, 0.15) is 43.3 Å². The van der Waals surface area contributed by atoms with Crippen LogP contribution in [0.2, 0.25) is 0 Å². The third-order valence-electron chi connectivity index (χ3n) is 5.39. The van der Waals surface area contributed by atoms with Gasteiger partial charge in [0.15, 0.2) is 0 Å². The van der Waals surface area contributed by atoms with Crippen molar-refractivity contribution >= 4 is 0 Å². The normalized spacial score (nSPS) is 18.1. The average molecular weight is 361 g/mol. The molecule has 4 heteroatoms. The first-order valence-electron chi connectivity index (χ1n) is 9.64. The van der Waals surface area contributed by atoms with Crippen molar-refractivity contribution in [3.63, 3.8) is 0 Å². The number of fused-ring (bicyclic) bond motifs is 1. The summed E-state index contributed by atoms with van der Waals surface area (Å²) in [6.07, 6.45) is 1.10. The Hall–Kier alpha value is -2.59. The summed E-state index contributed by atoms with van der Waals surface area (Å²) in [5, 5.41) is 8.56. The summed E-state index contributed by atoms with van der Waals surface area (Å²) in [7, 11) is 0. The number of hydrogen-bond acceptors (Lipinski definition) is 3. The molecule has 1 aliphatic heterocycles. The lowest BCUT2D eigenvalue weighted by molar-refractivity contribution is 0.169. The van der Waals surface area contributed by atoms with Gasteiger partial charge < -0.3 is 10.1 Å². The van der Waals surface area contributed by atoms with Crippen molar-refractivity contribution in [2.75, 3.05) is 0 Å². The lowest BCUT2D eigenvalue weighted by Gasteiger charge is -2.39. The van der Waals surface area contributed by atoms with Crippen LogP contribution in [-0.4, -0.2) is 9.78 Å². The van der Waals surface area contributed by atoms with E-state index < -0.39 is 0 Å². The molecule has 3 aromatic rings. The molecule has 0 amide bonds. The summed E-state index contributed by atoms with van der Waals surface area (Å²) in [5.74, 6) is 0.877.